The fourth-order valence-electron chi connectivity index (χ4n) is 5.27. The highest BCUT2D eigenvalue weighted by Gasteiger charge is 2.25. The van der Waals surface area contributed by atoms with E-state index in [1.807, 2.05) is 18.2 Å². The SMILES string of the molecule is O=C(O)c1cn(-c2cccc(N3CCOCC3)c2)c2nc(N3CCN(c4ccc(F)cc4)CC3)c(F)cc2c1=O. The Morgan fingerprint density at radius 1 is 0.825 bits per heavy atom. The van der Waals surface area contributed by atoms with Crippen LogP contribution in [0.25, 0.3) is 16.7 Å². The van der Waals surface area contributed by atoms with E-state index < -0.39 is 22.8 Å². The number of nitrogens with zero attached hydrogens (tertiary/aromatic N) is 5. The molecule has 6 rings (SSSR count). The normalized spacial score (nSPS) is 16.0. The number of ether oxygens (including phenoxy) is 1. The summed E-state index contributed by atoms with van der Waals surface area (Å²) < 4.78 is 35.8. The van der Waals surface area contributed by atoms with E-state index in [4.69, 9.17) is 4.74 Å². The van der Waals surface area contributed by atoms with Crippen molar-refractivity contribution in [1.29, 1.82) is 0 Å². The minimum Gasteiger partial charge on any atom is -0.477 e. The lowest BCUT2D eigenvalue weighted by Crippen LogP contribution is -2.47. The van der Waals surface area contributed by atoms with Gasteiger partial charge in [0.15, 0.2) is 17.3 Å². The van der Waals surface area contributed by atoms with Gasteiger partial charge in [0.1, 0.15) is 11.4 Å². The van der Waals surface area contributed by atoms with Crippen LogP contribution in [0.3, 0.4) is 0 Å². The topological polar surface area (TPSA) is 91.1 Å². The third-order valence-corrected chi connectivity index (χ3v) is 7.40. The highest BCUT2D eigenvalue weighted by molar-refractivity contribution is 5.92. The Morgan fingerprint density at radius 3 is 2.17 bits per heavy atom. The van der Waals surface area contributed by atoms with E-state index in [1.54, 1.807) is 27.7 Å². The molecule has 4 heterocycles. The first-order chi connectivity index (χ1) is 19.4. The highest BCUT2D eigenvalue weighted by atomic mass is 19.1. The van der Waals surface area contributed by atoms with Gasteiger partial charge in [0.25, 0.3) is 0 Å². The van der Waals surface area contributed by atoms with Gasteiger partial charge in [0.2, 0.25) is 5.43 Å². The van der Waals surface area contributed by atoms with Crippen molar-refractivity contribution in [1.82, 2.24) is 9.55 Å². The number of carboxylic acid groups (broad SMARTS) is 1. The molecule has 40 heavy (non-hydrogen) atoms. The molecule has 11 heteroatoms. The average molecular weight is 548 g/mol. The number of anilines is 3. The van der Waals surface area contributed by atoms with Gasteiger partial charge in [-0.2, -0.15) is 0 Å². The molecular weight excluding hydrogens is 520 g/mol. The van der Waals surface area contributed by atoms with Crippen LogP contribution in [-0.2, 0) is 4.74 Å². The van der Waals surface area contributed by atoms with E-state index in [-0.39, 0.29) is 22.7 Å². The third kappa shape index (κ3) is 4.84. The van der Waals surface area contributed by atoms with Gasteiger partial charge in [-0.1, -0.05) is 6.07 Å². The summed E-state index contributed by atoms with van der Waals surface area (Å²) in [4.78, 5) is 35.7. The minimum atomic E-state index is -1.40. The Hall–Kier alpha value is -4.51. The molecule has 2 saturated heterocycles. The molecule has 2 aliphatic rings. The number of hydrogen-bond donors (Lipinski definition) is 1. The van der Waals surface area contributed by atoms with Gasteiger partial charge in [0.05, 0.1) is 18.6 Å². The standard InChI is InChI=1S/C29H27F2N5O4/c30-19-4-6-20(7-5-19)33-8-10-35(11-9-33)28-25(31)17-23-26(37)24(29(38)39)18-36(27(23)32-28)22-3-1-2-21(16-22)34-12-14-40-15-13-34/h1-7,16-18H,8-15H2,(H,38,39). The van der Waals surface area contributed by atoms with E-state index in [1.165, 1.54) is 18.3 Å². The quantitative estimate of drug-likeness (QED) is 0.406. The number of aromatic carboxylic acids is 1. The second-order valence-electron chi connectivity index (χ2n) is 9.78. The molecule has 0 saturated carbocycles. The molecular formula is C29H27F2N5O4. The van der Waals surface area contributed by atoms with Crippen LogP contribution in [-0.4, -0.2) is 73.1 Å². The van der Waals surface area contributed by atoms with Crippen LogP contribution in [0.4, 0.5) is 26.0 Å². The van der Waals surface area contributed by atoms with E-state index in [0.29, 0.717) is 58.2 Å². The largest absolute Gasteiger partial charge is 0.477 e. The molecule has 0 spiro atoms. The molecule has 4 aromatic rings. The molecule has 9 nitrogen and oxygen atoms in total. The Kier molecular flexibility index (Phi) is 6.81. The van der Waals surface area contributed by atoms with Gasteiger partial charge in [-0.15, -0.1) is 0 Å². The zero-order valence-electron chi connectivity index (χ0n) is 21.6. The highest BCUT2D eigenvalue weighted by Crippen LogP contribution is 2.27. The number of fused-ring (bicyclic) bond motifs is 1. The number of piperazine rings is 1. The summed E-state index contributed by atoms with van der Waals surface area (Å²) in [5.74, 6) is -2.31. The fraction of sp³-hybridized carbons (Fsp3) is 0.276. The number of carboxylic acids is 1. The van der Waals surface area contributed by atoms with Gasteiger partial charge in [0, 0.05) is 62.5 Å². The molecule has 0 bridgehead atoms. The Balaban J connectivity index is 1.39. The monoisotopic (exact) mass is 547 g/mol. The first-order valence-corrected chi connectivity index (χ1v) is 13.1. The third-order valence-electron chi connectivity index (χ3n) is 7.40. The number of carbonyl (C=O) groups is 1. The predicted octanol–water partition coefficient (Wildman–Crippen LogP) is 3.53. The predicted molar refractivity (Wildman–Crippen MR) is 148 cm³/mol. The zero-order chi connectivity index (χ0) is 27.8. The molecule has 206 valence electrons. The molecule has 0 atom stereocenters. The van der Waals surface area contributed by atoms with Crippen LogP contribution >= 0.6 is 0 Å². The van der Waals surface area contributed by atoms with Crippen LogP contribution in [0.1, 0.15) is 10.4 Å². The molecule has 2 fully saturated rings. The van der Waals surface area contributed by atoms with Gasteiger partial charge in [-0.3, -0.25) is 4.79 Å². The van der Waals surface area contributed by atoms with Crippen molar-refractivity contribution in [2.75, 3.05) is 67.2 Å². The lowest BCUT2D eigenvalue weighted by atomic mass is 10.1. The second kappa shape index (κ2) is 10.6. The van der Waals surface area contributed by atoms with Gasteiger partial charge >= 0.3 is 5.97 Å². The lowest BCUT2D eigenvalue weighted by Gasteiger charge is -2.37. The molecule has 0 amide bonds. The maximum Gasteiger partial charge on any atom is 0.341 e. The number of hydrogen-bond acceptors (Lipinski definition) is 7. The van der Waals surface area contributed by atoms with Crippen LogP contribution in [0.5, 0.6) is 0 Å². The number of halogens is 2. The number of pyridine rings is 2. The molecule has 2 aromatic heterocycles. The van der Waals surface area contributed by atoms with Crippen molar-refractivity contribution in [2.45, 2.75) is 0 Å². The Bertz CT molecular complexity index is 1630. The summed E-state index contributed by atoms with van der Waals surface area (Å²) in [7, 11) is 0. The first kappa shape index (κ1) is 25.8. The number of rotatable bonds is 5. The second-order valence-corrected chi connectivity index (χ2v) is 9.78. The van der Waals surface area contributed by atoms with Crippen LogP contribution < -0.4 is 20.1 Å². The van der Waals surface area contributed by atoms with E-state index >= 15 is 4.39 Å². The number of morpholine rings is 1. The molecule has 0 aliphatic carbocycles. The maximum atomic E-state index is 15.4. The van der Waals surface area contributed by atoms with Crippen LogP contribution in [0.2, 0.25) is 0 Å². The number of benzene rings is 2. The molecule has 2 aliphatic heterocycles. The van der Waals surface area contributed by atoms with Gasteiger partial charge in [-0.25, -0.2) is 18.6 Å². The Labute approximate surface area is 228 Å². The summed E-state index contributed by atoms with van der Waals surface area (Å²) >= 11 is 0. The van der Waals surface area contributed by atoms with E-state index in [9.17, 15) is 19.1 Å². The lowest BCUT2D eigenvalue weighted by molar-refractivity contribution is 0.0695. The van der Waals surface area contributed by atoms with Crippen molar-refractivity contribution >= 4 is 34.2 Å². The molecule has 0 unspecified atom stereocenters. The smallest absolute Gasteiger partial charge is 0.341 e. The Morgan fingerprint density at radius 2 is 1.48 bits per heavy atom. The first-order valence-electron chi connectivity index (χ1n) is 13.1. The summed E-state index contributed by atoms with van der Waals surface area (Å²) in [6, 6.07) is 14.8. The zero-order valence-corrected chi connectivity index (χ0v) is 21.6. The van der Waals surface area contributed by atoms with Crippen molar-refractivity contribution in [2.24, 2.45) is 0 Å². The van der Waals surface area contributed by atoms with E-state index in [2.05, 4.69) is 14.8 Å². The molecule has 2 aromatic carbocycles. The minimum absolute atomic E-state index is 0.0896. The summed E-state index contributed by atoms with van der Waals surface area (Å²) in [6.07, 6.45) is 1.26. The molecule has 1 N–H and O–H groups in total. The van der Waals surface area contributed by atoms with Crippen molar-refractivity contribution in [3.8, 4) is 5.69 Å². The number of aromatic nitrogens is 2. The van der Waals surface area contributed by atoms with Crippen LogP contribution in [0, 0.1) is 11.6 Å². The van der Waals surface area contributed by atoms with Crippen LogP contribution in [0.15, 0.2) is 65.6 Å². The van der Waals surface area contributed by atoms with Crippen molar-refractivity contribution in [3.05, 3.63) is 88.2 Å². The maximum absolute atomic E-state index is 15.4. The van der Waals surface area contributed by atoms with Crippen molar-refractivity contribution < 1.29 is 23.4 Å². The van der Waals surface area contributed by atoms with Gasteiger partial charge < -0.3 is 29.1 Å². The summed E-state index contributed by atoms with van der Waals surface area (Å²) in [5, 5.41) is 9.62. The molecule has 0 radical (unpaired) electrons. The van der Waals surface area contributed by atoms with E-state index in [0.717, 1.165) is 17.4 Å². The summed E-state index contributed by atoms with van der Waals surface area (Å²) in [6.45, 7) is 4.68. The fourth-order valence-corrected chi connectivity index (χ4v) is 5.27. The summed E-state index contributed by atoms with van der Waals surface area (Å²) in [5.41, 5.74) is 1.31. The average Bonchev–Trinajstić information content (AvgIpc) is 2.98. The van der Waals surface area contributed by atoms with Crippen molar-refractivity contribution in [3.63, 3.8) is 0 Å². The van der Waals surface area contributed by atoms with Gasteiger partial charge in [-0.05, 0) is 48.5 Å².